The molecule has 0 aliphatic carbocycles. The van der Waals surface area contributed by atoms with Crippen LogP contribution in [0.25, 0.3) is 0 Å². The van der Waals surface area contributed by atoms with Gasteiger partial charge in [0.15, 0.2) is 0 Å². The molecule has 126 valence electrons. The molecule has 1 aromatic rings. The number of fused-ring (bicyclic) bond motifs is 1. The third kappa shape index (κ3) is 3.00. The van der Waals surface area contributed by atoms with Crippen LogP contribution in [0, 0.1) is 12.3 Å². The maximum absolute atomic E-state index is 12.9. The predicted molar refractivity (Wildman–Crippen MR) is 91.9 cm³/mol. The summed E-state index contributed by atoms with van der Waals surface area (Å²) in [6, 6.07) is 5.70. The second-order valence-electron chi connectivity index (χ2n) is 7.08. The Kier molecular flexibility index (Phi) is 4.68. The fraction of sp³-hybridized carbons (Fsp3) is 0.611. The van der Waals surface area contributed by atoms with Gasteiger partial charge in [-0.1, -0.05) is 17.7 Å². The van der Waals surface area contributed by atoms with E-state index in [1.165, 1.54) is 0 Å². The molecule has 5 heteroatoms. The van der Waals surface area contributed by atoms with E-state index in [2.05, 4.69) is 11.9 Å². The van der Waals surface area contributed by atoms with E-state index >= 15 is 0 Å². The lowest BCUT2D eigenvalue weighted by Crippen LogP contribution is -2.62. The second kappa shape index (κ2) is 6.42. The zero-order valence-electron chi connectivity index (χ0n) is 13.9. The first-order valence-electron chi connectivity index (χ1n) is 8.33. The van der Waals surface area contributed by atoms with Gasteiger partial charge in [-0.3, -0.25) is 4.79 Å². The molecule has 0 bridgehead atoms. The Labute approximate surface area is 143 Å². The molecule has 0 unspecified atom stereocenters. The standard InChI is InChI=1S/C18H25ClN2O2/c1-13-4-5-14(19)10-15(13)17(23)21-9-7-18(12-22)6-3-8-20(2)16(18)11-21/h4-5,10,16,22H,3,6-9,11-12H2,1-2H3/t16-,18-/m1/s1. The van der Waals surface area contributed by atoms with E-state index in [1.807, 2.05) is 24.0 Å². The van der Waals surface area contributed by atoms with Gasteiger partial charge >= 0.3 is 0 Å². The number of hydrogen-bond donors (Lipinski definition) is 1. The summed E-state index contributed by atoms with van der Waals surface area (Å²) in [7, 11) is 2.10. The summed E-state index contributed by atoms with van der Waals surface area (Å²) in [5.41, 5.74) is 1.59. The highest BCUT2D eigenvalue weighted by Crippen LogP contribution is 2.41. The third-order valence-corrected chi connectivity index (χ3v) is 5.96. The summed E-state index contributed by atoms with van der Waals surface area (Å²) in [6.45, 7) is 4.57. The Morgan fingerprint density at radius 3 is 2.91 bits per heavy atom. The number of carbonyl (C=O) groups excluding carboxylic acids is 1. The first-order chi connectivity index (χ1) is 11.0. The van der Waals surface area contributed by atoms with Crippen LogP contribution in [0.4, 0.5) is 0 Å². The van der Waals surface area contributed by atoms with Crippen LogP contribution in [0.1, 0.15) is 35.2 Å². The lowest BCUT2D eigenvalue weighted by Gasteiger charge is -2.53. The van der Waals surface area contributed by atoms with Crippen LogP contribution in [0.15, 0.2) is 18.2 Å². The first-order valence-corrected chi connectivity index (χ1v) is 8.71. The number of aliphatic hydroxyl groups excluding tert-OH is 1. The van der Waals surface area contributed by atoms with E-state index in [0.717, 1.165) is 31.4 Å². The Balaban J connectivity index is 1.83. The summed E-state index contributed by atoms with van der Waals surface area (Å²) < 4.78 is 0. The minimum absolute atomic E-state index is 0.0485. The highest BCUT2D eigenvalue weighted by Gasteiger charge is 2.47. The van der Waals surface area contributed by atoms with Gasteiger partial charge in [0, 0.05) is 35.1 Å². The minimum Gasteiger partial charge on any atom is -0.396 e. The molecule has 0 radical (unpaired) electrons. The molecule has 3 rings (SSSR count). The Morgan fingerprint density at radius 1 is 1.39 bits per heavy atom. The molecule has 1 aromatic carbocycles. The van der Waals surface area contributed by atoms with E-state index < -0.39 is 0 Å². The number of likely N-dealkylation sites (N-methyl/N-ethyl adjacent to an activating group) is 1. The number of aliphatic hydroxyl groups is 1. The molecule has 2 heterocycles. The average Bonchev–Trinajstić information content (AvgIpc) is 2.56. The lowest BCUT2D eigenvalue weighted by atomic mass is 9.69. The molecule has 0 spiro atoms. The summed E-state index contributed by atoms with van der Waals surface area (Å²) in [5.74, 6) is 0.0514. The zero-order valence-corrected chi connectivity index (χ0v) is 14.6. The van der Waals surface area contributed by atoms with Crippen molar-refractivity contribution in [3.8, 4) is 0 Å². The van der Waals surface area contributed by atoms with E-state index in [-0.39, 0.29) is 24.0 Å². The SMILES string of the molecule is Cc1ccc(Cl)cc1C(=O)N1CC[C@@]2(CO)CCCN(C)[C@@H]2C1. The van der Waals surface area contributed by atoms with Gasteiger partial charge < -0.3 is 14.9 Å². The highest BCUT2D eigenvalue weighted by atomic mass is 35.5. The molecule has 2 aliphatic heterocycles. The number of likely N-dealkylation sites (tertiary alicyclic amines) is 2. The topological polar surface area (TPSA) is 43.8 Å². The van der Waals surface area contributed by atoms with Crippen molar-refractivity contribution in [1.82, 2.24) is 9.80 Å². The number of halogens is 1. The van der Waals surface area contributed by atoms with Crippen molar-refractivity contribution in [3.63, 3.8) is 0 Å². The van der Waals surface area contributed by atoms with Crippen LogP contribution in [-0.2, 0) is 0 Å². The lowest BCUT2D eigenvalue weighted by molar-refractivity contribution is -0.0601. The molecular formula is C18H25ClN2O2. The fourth-order valence-corrected chi connectivity index (χ4v) is 4.37. The summed E-state index contributed by atoms with van der Waals surface area (Å²) in [6.07, 6.45) is 3.04. The van der Waals surface area contributed by atoms with Crippen molar-refractivity contribution in [3.05, 3.63) is 34.3 Å². The van der Waals surface area contributed by atoms with Crippen LogP contribution in [0.5, 0.6) is 0 Å². The Hall–Kier alpha value is -1.10. The monoisotopic (exact) mass is 336 g/mol. The number of nitrogens with zero attached hydrogens (tertiary/aromatic N) is 2. The van der Waals surface area contributed by atoms with Crippen molar-refractivity contribution in [2.24, 2.45) is 5.41 Å². The van der Waals surface area contributed by atoms with Crippen molar-refractivity contribution in [2.45, 2.75) is 32.2 Å². The normalized spacial score (nSPS) is 28.5. The first kappa shape index (κ1) is 16.7. The molecule has 4 nitrogen and oxygen atoms in total. The maximum atomic E-state index is 12.9. The van der Waals surface area contributed by atoms with Crippen LogP contribution >= 0.6 is 11.6 Å². The predicted octanol–water partition coefficient (Wildman–Crippen LogP) is 2.57. The van der Waals surface area contributed by atoms with Gasteiger partial charge in [-0.25, -0.2) is 0 Å². The fourth-order valence-electron chi connectivity index (χ4n) is 4.20. The van der Waals surface area contributed by atoms with Crippen molar-refractivity contribution in [1.29, 1.82) is 0 Å². The summed E-state index contributed by atoms with van der Waals surface area (Å²) in [4.78, 5) is 17.2. The van der Waals surface area contributed by atoms with Gasteiger partial charge in [0.25, 0.3) is 5.91 Å². The van der Waals surface area contributed by atoms with Crippen LogP contribution in [0.3, 0.4) is 0 Å². The van der Waals surface area contributed by atoms with Gasteiger partial charge in [0.1, 0.15) is 0 Å². The van der Waals surface area contributed by atoms with Crippen LogP contribution < -0.4 is 0 Å². The van der Waals surface area contributed by atoms with Crippen molar-refractivity contribution in [2.75, 3.05) is 33.3 Å². The molecule has 1 amide bonds. The number of piperidine rings is 2. The number of amides is 1. The largest absolute Gasteiger partial charge is 0.396 e. The van der Waals surface area contributed by atoms with Gasteiger partial charge in [0.2, 0.25) is 0 Å². The van der Waals surface area contributed by atoms with Crippen LogP contribution in [0.2, 0.25) is 5.02 Å². The number of rotatable bonds is 2. The second-order valence-corrected chi connectivity index (χ2v) is 7.52. The highest BCUT2D eigenvalue weighted by molar-refractivity contribution is 6.31. The zero-order chi connectivity index (χ0) is 16.6. The van der Waals surface area contributed by atoms with Crippen molar-refractivity contribution >= 4 is 17.5 Å². The van der Waals surface area contributed by atoms with E-state index in [0.29, 0.717) is 23.7 Å². The number of aryl methyl sites for hydroxylation is 1. The van der Waals surface area contributed by atoms with E-state index in [4.69, 9.17) is 11.6 Å². The molecule has 2 saturated heterocycles. The van der Waals surface area contributed by atoms with Crippen LogP contribution in [-0.4, -0.2) is 60.1 Å². The molecule has 2 aliphatic rings. The number of hydrogen-bond acceptors (Lipinski definition) is 3. The van der Waals surface area contributed by atoms with E-state index in [9.17, 15) is 9.90 Å². The molecular weight excluding hydrogens is 312 g/mol. The number of carbonyl (C=O) groups is 1. The minimum atomic E-state index is -0.0485. The molecule has 0 saturated carbocycles. The number of benzene rings is 1. The molecule has 2 fully saturated rings. The Bertz CT molecular complexity index is 607. The molecule has 1 N–H and O–H groups in total. The maximum Gasteiger partial charge on any atom is 0.254 e. The van der Waals surface area contributed by atoms with Crippen molar-refractivity contribution < 1.29 is 9.90 Å². The third-order valence-electron chi connectivity index (χ3n) is 5.73. The molecule has 23 heavy (non-hydrogen) atoms. The average molecular weight is 337 g/mol. The smallest absolute Gasteiger partial charge is 0.254 e. The van der Waals surface area contributed by atoms with Gasteiger partial charge in [-0.15, -0.1) is 0 Å². The van der Waals surface area contributed by atoms with E-state index in [1.54, 1.807) is 6.07 Å². The Morgan fingerprint density at radius 2 is 2.17 bits per heavy atom. The molecule has 0 aromatic heterocycles. The van der Waals surface area contributed by atoms with Gasteiger partial charge in [-0.2, -0.15) is 0 Å². The molecule has 2 atom stereocenters. The summed E-state index contributed by atoms with van der Waals surface area (Å²) in [5, 5.41) is 10.6. The quantitative estimate of drug-likeness (QED) is 0.902. The van der Waals surface area contributed by atoms with Gasteiger partial charge in [0.05, 0.1) is 6.61 Å². The van der Waals surface area contributed by atoms with Gasteiger partial charge in [-0.05, 0) is 57.5 Å². The summed E-state index contributed by atoms with van der Waals surface area (Å²) >= 11 is 6.07.